The molecule has 7 bridgehead atoms. The van der Waals surface area contributed by atoms with Gasteiger partial charge in [-0.05, 0) is 18.9 Å². The number of methoxy groups -OCH3 is 4. The highest BCUT2D eigenvalue weighted by atomic mass is 16.5. The molecule has 0 aromatic heterocycles. The minimum atomic E-state index is -1.76. The van der Waals surface area contributed by atoms with Gasteiger partial charge in [-0.25, -0.2) is 0 Å². The van der Waals surface area contributed by atoms with Crippen LogP contribution in [0.25, 0.3) is 0 Å². The lowest BCUT2D eigenvalue weighted by Crippen LogP contribution is -2.81. The van der Waals surface area contributed by atoms with Gasteiger partial charge in [0, 0.05) is 76.0 Å². The van der Waals surface area contributed by atoms with Gasteiger partial charge in [-0.2, -0.15) is 0 Å². The topological polar surface area (TPSA) is 141 Å². The highest BCUT2D eigenvalue weighted by Gasteiger charge is 2.90. The molecule has 0 amide bonds. The standard InChI is InChI=1S/C25H41NO9/c1-6-26-9-22(10-32-2)12(27)7-13(33-3)24-11-8-23(30)19(28)14(11)25(31,20(29)21(23)35-5)15(18(24)26)16(34-4)17(22)24/h11-21,27-31H,6-10H2,1-5H3/t11?,12-,13+,14?,15+,16+,17?,18-,19-,20+,21+,22+,23-,24+,25-/m1/s1. The van der Waals surface area contributed by atoms with E-state index in [1.165, 1.54) is 7.11 Å². The monoisotopic (exact) mass is 499 g/mol. The first-order valence-electron chi connectivity index (χ1n) is 12.9. The quantitative estimate of drug-likeness (QED) is 0.285. The largest absolute Gasteiger partial charge is 0.392 e. The van der Waals surface area contributed by atoms with Gasteiger partial charge < -0.3 is 44.5 Å². The van der Waals surface area contributed by atoms with Gasteiger partial charge in [0.05, 0.1) is 31.0 Å². The fraction of sp³-hybridized carbons (Fsp3) is 1.00. The van der Waals surface area contributed by atoms with Crippen LogP contribution in [-0.4, -0.2) is 132 Å². The van der Waals surface area contributed by atoms with Gasteiger partial charge >= 0.3 is 0 Å². The third kappa shape index (κ3) is 2.35. The zero-order valence-corrected chi connectivity index (χ0v) is 21.2. The second-order valence-corrected chi connectivity index (χ2v) is 12.1. The second-order valence-electron chi connectivity index (χ2n) is 12.1. The Hall–Kier alpha value is -0.400. The van der Waals surface area contributed by atoms with Crippen molar-refractivity contribution in [3.8, 4) is 0 Å². The van der Waals surface area contributed by atoms with Crippen molar-refractivity contribution in [2.24, 2.45) is 34.5 Å². The minimum Gasteiger partial charge on any atom is -0.392 e. The molecule has 1 saturated heterocycles. The molecule has 10 nitrogen and oxygen atoms in total. The average molecular weight is 500 g/mol. The van der Waals surface area contributed by atoms with E-state index >= 15 is 0 Å². The first-order chi connectivity index (χ1) is 16.6. The van der Waals surface area contributed by atoms with E-state index in [0.717, 1.165) is 0 Å². The molecule has 35 heavy (non-hydrogen) atoms. The molecule has 6 aliphatic rings. The van der Waals surface area contributed by atoms with Gasteiger partial charge in [0.1, 0.15) is 23.4 Å². The Bertz CT molecular complexity index is 878. The summed E-state index contributed by atoms with van der Waals surface area (Å²) in [7, 11) is 6.29. The summed E-state index contributed by atoms with van der Waals surface area (Å²) in [6.45, 7) is 3.58. The summed E-state index contributed by atoms with van der Waals surface area (Å²) in [6, 6.07) is -0.240. The van der Waals surface area contributed by atoms with Crippen LogP contribution in [0.2, 0.25) is 0 Å². The number of nitrogens with zero attached hydrogens (tertiary/aromatic N) is 1. The van der Waals surface area contributed by atoms with E-state index in [2.05, 4.69) is 11.8 Å². The third-order valence-electron chi connectivity index (χ3n) is 11.7. The first kappa shape index (κ1) is 24.9. The van der Waals surface area contributed by atoms with Gasteiger partial charge in [0.25, 0.3) is 0 Å². The zero-order valence-electron chi connectivity index (χ0n) is 21.2. The van der Waals surface area contributed by atoms with E-state index in [9.17, 15) is 25.5 Å². The highest BCUT2D eigenvalue weighted by Crippen LogP contribution is 2.79. The number of aliphatic hydroxyl groups is 5. The van der Waals surface area contributed by atoms with Crippen molar-refractivity contribution in [3.63, 3.8) is 0 Å². The molecule has 5 saturated carbocycles. The summed E-state index contributed by atoms with van der Waals surface area (Å²) in [5.41, 5.74) is -4.81. The number of hydrogen-bond donors (Lipinski definition) is 5. The van der Waals surface area contributed by atoms with Crippen LogP contribution in [0, 0.1) is 34.5 Å². The van der Waals surface area contributed by atoms with Crippen molar-refractivity contribution >= 4 is 0 Å². The van der Waals surface area contributed by atoms with E-state index < -0.39 is 76.4 Å². The van der Waals surface area contributed by atoms with Crippen LogP contribution in [0.5, 0.6) is 0 Å². The number of likely N-dealkylation sites (tertiary alicyclic amines) is 1. The van der Waals surface area contributed by atoms with Crippen molar-refractivity contribution < 1.29 is 44.5 Å². The molecule has 3 unspecified atom stereocenters. The predicted octanol–water partition coefficient (Wildman–Crippen LogP) is -1.79. The van der Waals surface area contributed by atoms with Crippen LogP contribution in [0.15, 0.2) is 0 Å². The predicted molar refractivity (Wildman–Crippen MR) is 121 cm³/mol. The molecule has 6 rings (SSSR count). The lowest BCUT2D eigenvalue weighted by atomic mass is 9.42. The maximum atomic E-state index is 12.6. The smallest absolute Gasteiger partial charge is 0.120 e. The van der Waals surface area contributed by atoms with Gasteiger partial charge in [0.15, 0.2) is 0 Å². The maximum Gasteiger partial charge on any atom is 0.120 e. The van der Waals surface area contributed by atoms with E-state index in [1.807, 2.05) is 0 Å². The number of fused-ring (bicyclic) bond motifs is 2. The molecule has 10 heteroatoms. The number of hydrogen-bond acceptors (Lipinski definition) is 10. The first-order valence-corrected chi connectivity index (χ1v) is 12.9. The molecule has 1 spiro atoms. The molecule has 5 N–H and O–H groups in total. The zero-order chi connectivity index (χ0) is 25.3. The average Bonchev–Trinajstić information content (AvgIpc) is 3.19. The summed E-state index contributed by atoms with van der Waals surface area (Å²) in [5.74, 6) is -2.04. The normalized spacial score (nSPS) is 62.4. The molecule has 0 radical (unpaired) electrons. The fourth-order valence-electron chi connectivity index (χ4n) is 11.0. The molecule has 0 aromatic carbocycles. The molecular formula is C25H41NO9. The number of ether oxygens (including phenoxy) is 4. The lowest BCUT2D eigenvalue weighted by Gasteiger charge is -2.70. The van der Waals surface area contributed by atoms with Crippen molar-refractivity contribution in [1.29, 1.82) is 0 Å². The van der Waals surface area contributed by atoms with Gasteiger partial charge in [-0.1, -0.05) is 6.92 Å². The third-order valence-corrected chi connectivity index (χ3v) is 11.7. The molecule has 1 aliphatic heterocycles. The van der Waals surface area contributed by atoms with Crippen molar-refractivity contribution in [3.05, 3.63) is 0 Å². The van der Waals surface area contributed by atoms with Gasteiger partial charge in [0.2, 0.25) is 0 Å². The van der Waals surface area contributed by atoms with Gasteiger partial charge in [-0.15, -0.1) is 0 Å². The van der Waals surface area contributed by atoms with Crippen LogP contribution in [-0.2, 0) is 18.9 Å². The van der Waals surface area contributed by atoms with Crippen molar-refractivity contribution in [1.82, 2.24) is 4.90 Å². The minimum absolute atomic E-state index is 0.156. The number of rotatable bonds is 6. The highest BCUT2D eigenvalue weighted by molar-refractivity contribution is 5.39. The van der Waals surface area contributed by atoms with Crippen LogP contribution in [0.3, 0.4) is 0 Å². The summed E-state index contributed by atoms with van der Waals surface area (Å²) in [6.07, 6.45) is -4.95. The fourth-order valence-corrected chi connectivity index (χ4v) is 11.0. The van der Waals surface area contributed by atoms with E-state index in [-0.39, 0.29) is 18.4 Å². The van der Waals surface area contributed by atoms with Crippen molar-refractivity contribution in [2.75, 3.05) is 48.1 Å². The van der Waals surface area contributed by atoms with Crippen LogP contribution < -0.4 is 0 Å². The Kier molecular flexibility index (Phi) is 5.40. The molecule has 15 atom stereocenters. The molecule has 0 aromatic rings. The number of aliphatic hydroxyl groups excluding tert-OH is 3. The van der Waals surface area contributed by atoms with Crippen molar-refractivity contribution in [2.45, 2.75) is 73.6 Å². The van der Waals surface area contributed by atoms with E-state index in [1.54, 1.807) is 21.3 Å². The Morgan fingerprint density at radius 1 is 0.943 bits per heavy atom. The lowest BCUT2D eigenvalue weighted by molar-refractivity contribution is -0.320. The SMILES string of the molecule is CCN1C[C@@]2(COC)C3[C@@H](OC)[C@H]4[C@@H]1[C@@]3(C1C[C@@]3(O)[C@H](O)C1[C@]4(O)[C@@H](O)[C@@H]3OC)[C@@H](OC)C[C@H]2O. The Labute approximate surface area is 206 Å². The second kappa shape index (κ2) is 7.59. The maximum absolute atomic E-state index is 12.6. The molecule has 6 fully saturated rings. The number of piperidine rings is 1. The van der Waals surface area contributed by atoms with Crippen LogP contribution in [0.1, 0.15) is 19.8 Å². The summed E-state index contributed by atoms with van der Waals surface area (Å²) < 4.78 is 23.7. The van der Waals surface area contributed by atoms with Crippen LogP contribution >= 0.6 is 0 Å². The van der Waals surface area contributed by atoms with Crippen LogP contribution in [0.4, 0.5) is 0 Å². The Morgan fingerprint density at radius 3 is 2.23 bits per heavy atom. The summed E-state index contributed by atoms with van der Waals surface area (Å²) in [4.78, 5) is 2.29. The Balaban J connectivity index is 1.68. The molecule has 200 valence electrons. The molecule has 5 aliphatic carbocycles. The van der Waals surface area contributed by atoms with Gasteiger partial charge in [-0.3, -0.25) is 4.90 Å². The van der Waals surface area contributed by atoms with E-state index in [4.69, 9.17) is 18.9 Å². The Morgan fingerprint density at radius 2 is 1.66 bits per heavy atom. The summed E-state index contributed by atoms with van der Waals surface area (Å²) in [5, 5.41) is 59.3. The molecular weight excluding hydrogens is 458 g/mol. The molecule has 1 heterocycles. The van der Waals surface area contributed by atoms with E-state index in [0.29, 0.717) is 26.1 Å². The summed E-state index contributed by atoms with van der Waals surface area (Å²) >= 11 is 0.